The molecule has 126 valence electrons. The van der Waals surface area contributed by atoms with Crippen LogP contribution in [0, 0.1) is 0 Å². The molecule has 2 aliphatic rings. The maximum atomic E-state index is 6.88. The Labute approximate surface area is 197 Å². The lowest BCUT2D eigenvalue weighted by atomic mass is 9.85. The van der Waals surface area contributed by atoms with E-state index >= 15 is 0 Å². The van der Waals surface area contributed by atoms with Crippen LogP contribution in [0.15, 0.2) is 34.0 Å². The molecule has 0 aliphatic heterocycles. The highest BCUT2D eigenvalue weighted by atomic mass is 79.9. The van der Waals surface area contributed by atoms with Gasteiger partial charge in [0.25, 0.3) is 0 Å². The third-order valence-electron chi connectivity index (χ3n) is 4.27. The first-order chi connectivity index (χ1) is 10.4. The summed E-state index contributed by atoms with van der Waals surface area (Å²) in [5, 5.41) is 0.394. The number of halogens is 10. The van der Waals surface area contributed by atoms with Crippen LogP contribution in [0.3, 0.4) is 0 Å². The van der Waals surface area contributed by atoms with E-state index in [1.807, 2.05) is 6.07 Å². The van der Waals surface area contributed by atoms with Crippen LogP contribution in [0.5, 0.6) is 0 Å². The highest BCUT2D eigenvalue weighted by Gasteiger charge is 2.78. The first kappa shape index (κ1) is 20.4. The molecule has 1 aromatic carbocycles. The Hall–Kier alpha value is 2.62. The summed E-state index contributed by atoms with van der Waals surface area (Å²) in [5.74, 6) is -0.357. The average Bonchev–Trinajstić information content (AvgIpc) is 2.68. The maximum absolute atomic E-state index is 6.88. The van der Waals surface area contributed by atoms with Crippen LogP contribution in [0.1, 0.15) is 17.9 Å². The number of hydrogen-bond donors (Lipinski definition) is 0. The van der Waals surface area contributed by atoms with Gasteiger partial charge in [-0.05, 0) is 81.8 Å². The second-order valence-electron chi connectivity index (χ2n) is 5.35. The van der Waals surface area contributed by atoms with Gasteiger partial charge >= 0.3 is 0 Å². The summed E-state index contributed by atoms with van der Waals surface area (Å²) in [5.41, 5.74) is 0.858. The van der Waals surface area contributed by atoms with Crippen LogP contribution in [0.25, 0.3) is 0 Å². The molecular formula is C13H4Br4Cl6. The van der Waals surface area contributed by atoms with Gasteiger partial charge in [-0.2, -0.15) is 0 Å². The van der Waals surface area contributed by atoms with Crippen molar-refractivity contribution in [2.75, 3.05) is 0 Å². The second-order valence-corrected chi connectivity index (χ2v) is 12.0. The van der Waals surface area contributed by atoms with E-state index in [4.69, 9.17) is 69.6 Å². The second kappa shape index (κ2) is 6.32. The van der Waals surface area contributed by atoms with Gasteiger partial charge in [0.2, 0.25) is 0 Å². The molecule has 1 aromatic rings. The summed E-state index contributed by atoms with van der Waals surface area (Å²) in [6, 6.07) is 1.90. The van der Waals surface area contributed by atoms with Crippen molar-refractivity contribution < 1.29 is 0 Å². The predicted octanol–water partition coefficient (Wildman–Crippen LogP) is 9.06. The molecular weight excluding hydrogens is 688 g/mol. The zero-order chi connectivity index (χ0) is 17.5. The SMILES string of the molecule is ClC1=C(Cl)C2(Cl)[C@@H](c3c(Br)c(Br)cc(Br)c3Br)CC1(Cl)C2(Cl)Cl. The number of rotatable bonds is 1. The lowest BCUT2D eigenvalue weighted by Crippen LogP contribution is -2.43. The number of hydrogen-bond acceptors (Lipinski definition) is 0. The molecule has 1 saturated carbocycles. The standard InChI is InChI=1S/C13H4Br4Cl6/c14-4-1-5(15)8(17)6(7(4)16)3-2-11(20)9(18)10(19)12(3,21)13(11,22)23/h1,3H,2H2/t3-,11?,12?/m1/s1. The van der Waals surface area contributed by atoms with Crippen molar-refractivity contribution in [1.82, 2.24) is 0 Å². The molecule has 0 nitrogen and oxygen atoms in total. The molecule has 1 fully saturated rings. The maximum Gasteiger partial charge on any atom is 0.166 e. The Kier molecular flexibility index (Phi) is 5.59. The zero-order valence-corrected chi connectivity index (χ0v) is 21.5. The Bertz CT molecular complexity index is 737. The third-order valence-corrected chi connectivity index (χ3v) is 12.6. The molecule has 23 heavy (non-hydrogen) atoms. The van der Waals surface area contributed by atoms with Crippen LogP contribution in [-0.2, 0) is 0 Å². The van der Waals surface area contributed by atoms with Crippen LogP contribution >= 0.6 is 133 Å². The molecule has 0 spiro atoms. The first-order valence-electron chi connectivity index (χ1n) is 6.06. The van der Waals surface area contributed by atoms with Gasteiger partial charge < -0.3 is 0 Å². The van der Waals surface area contributed by atoms with Crippen molar-refractivity contribution in [3.05, 3.63) is 39.6 Å². The van der Waals surface area contributed by atoms with E-state index in [0.29, 0.717) is 6.42 Å². The summed E-state index contributed by atoms with van der Waals surface area (Å²) in [4.78, 5) is -2.57. The van der Waals surface area contributed by atoms with Crippen LogP contribution in [-0.4, -0.2) is 14.1 Å². The average molecular weight is 693 g/mol. The van der Waals surface area contributed by atoms with Crippen molar-refractivity contribution in [2.45, 2.75) is 26.4 Å². The van der Waals surface area contributed by atoms with E-state index in [2.05, 4.69) is 63.7 Å². The predicted molar refractivity (Wildman–Crippen MR) is 115 cm³/mol. The van der Waals surface area contributed by atoms with E-state index in [9.17, 15) is 0 Å². The monoisotopic (exact) mass is 686 g/mol. The van der Waals surface area contributed by atoms with Crippen molar-refractivity contribution >= 4 is 133 Å². The molecule has 0 N–H and O–H groups in total. The molecule has 3 atom stereocenters. The van der Waals surface area contributed by atoms with Crippen LogP contribution in [0.4, 0.5) is 0 Å². The number of alkyl halides is 4. The molecule has 10 heteroatoms. The molecule has 0 amide bonds. The summed E-state index contributed by atoms with van der Waals surface area (Å²) in [6.07, 6.45) is 0.347. The minimum atomic E-state index is -1.55. The van der Waals surface area contributed by atoms with Gasteiger partial charge in [0.1, 0.15) is 9.75 Å². The largest absolute Gasteiger partial charge is 0.166 e. The van der Waals surface area contributed by atoms with Gasteiger partial charge in [-0.3, -0.25) is 0 Å². The molecule has 0 heterocycles. The Morgan fingerprint density at radius 2 is 1.35 bits per heavy atom. The molecule has 3 rings (SSSR count). The van der Waals surface area contributed by atoms with Gasteiger partial charge in [0.15, 0.2) is 4.33 Å². The topological polar surface area (TPSA) is 0 Å². The normalized spacial score (nSPS) is 35.3. The van der Waals surface area contributed by atoms with Crippen molar-refractivity contribution in [3.8, 4) is 0 Å². The van der Waals surface area contributed by atoms with Crippen molar-refractivity contribution in [1.29, 1.82) is 0 Å². The van der Waals surface area contributed by atoms with E-state index < -0.39 is 14.1 Å². The fraction of sp³-hybridized carbons (Fsp3) is 0.385. The quantitative estimate of drug-likeness (QED) is 0.204. The minimum Gasteiger partial charge on any atom is -0.110 e. The minimum absolute atomic E-state index is 0.187. The summed E-state index contributed by atoms with van der Waals surface area (Å²) < 4.78 is 1.77. The smallest absolute Gasteiger partial charge is 0.110 e. The first-order valence-corrected chi connectivity index (χ1v) is 11.5. The Morgan fingerprint density at radius 3 is 1.74 bits per heavy atom. The Balaban J connectivity index is 2.31. The third kappa shape index (κ3) is 2.46. The van der Waals surface area contributed by atoms with Gasteiger partial charge in [-0.1, -0.05) is 46.4 Å². The van der Waals surface area contributed by atoms with Crippen molar-refractivity contribution in [3.63, 3.8) is 0 Å². The van der Waals surface area contributed by atoms with Crippen molar-refractivity contribution in [2.24, 2.45) is 0 Å². The van der Waals surface area contributed by atoms with E-state index in [1.165, 1.54) is 0 Å². The fourth-order valence-corrected chi connectivity index (χ4v) is 8.52. The summed E-state index contributed by atoms with van der Waals surface area (Å²) in [6.45, 7) is 0. The molecule has 2 unspecified atom stereocenters. The zero-order valence-electron chi connectivity index (χ0n) is 10.6. The van der Waals surface area contributed by atoms with E-state index in [1.54, 1.807) is 0 Å². The Morgan fingerprint density at radius 1 is 0.870 bits per heavy atom. The summed E-state index contributed by atoms with van der Waals surface area (Å²) >= 11 is 53.6. The van der Waals surface area contributed by atoms with Gasteiger partial charge in [-0.15, -0.1) is 23.2 Å². The van der Waals surface area contributed by atoms with Gasteiger partial charge in [0.05, 0.1) is 10.1 Å². The number of benzene rings is 1. The number of fused-ring (bicyclic) bond motifs is 2. The van der Waals surface area contributed by atoms with Crippen LogP contribution in [0.2, 0.25) is 0 Å². The van der Waals surface area contributed by atoms with Crippen LogP contribution < -0.4 is 0 Å². The molecule has 2 aliphatic carbocycles. The van der Waals surface area contributed by atoms with E-state index in [0.717, 1.165) is 23.5 Å². The molecule has 0 saturated heterocycles. The summed E-state index contributed by atoms with van der Waals surface area (Å²) in [7, 11) is 0. The molecule has 2 bridgehead atoms. The molecule has 0 aromatic heterocycles. The van der Waals surface area contributed by atoms with Gasteiger partial charge in [-0.25, -0.2) is 0 Å². The van der Waals surface area contributed by atoms with Gasteiger partial charge in [0, 0.05) is 23.8 Å². The lowest BCUT2D eigenvalue weighted by Gasteiger charge is -2.35. The number of allylic oxidation sites excluding steroid dienone is 2. The van der Waals surface area contributed by atoms with E-state index in [-0.39, 0.29) is 16.0 Å². The highest BCUT2D eigenvalue weighted by Crippen LogP contribution is 2.77. The molecule has 0 radical (unpaired) electrons. The highest BCUT2D eigenvalue weighted by molar-refractivity contribution is 9.14. The fourth-order valence-electron chi connectivity index (χ4n) is 3.11. The lowest BCUT2D eigenvalue weighted by molar-refractivity contribution is 0.596.